The molecule has 0 spiro atoms. The summed E-state index contributed by atoms with van der Waals surface area (Å²) in [5.41, 5.74) is 3.96. The Bertz CT molecular complexity index is 1100. The first-order valence-corrected chi connectivity index (χ1v) is 10.1. The van der Waals surface area contributed by atoms with Gasteiger partial charge in [0.15, 0.2) is 11.5 Å². The molecule has 2 heterocycles. The van der Waals surface area contributed by atoms with Crippen molar-refractivity contribution in [1.29, 1.82) is 0 Å². The van der Waals surface area contributed by atoms with Crippen LogP contribution in [0.4, 0.5) is 0 Å². The van der Waals surface area contributed by atoms with Gasteiger partial charge in [-0.3, -0.25) is 0 Å². The van der Waals surface area contributed by atoms with Gasteiger partial charge in [0.2, 0.25) is 6.23 Å². The molecule has 0 radical (unpaired) electrons. The maximum atomic E-state index is 6.52. The van der Waals surface area contributed by atoms with Gasteiger partial charge in [0.1, 0.15) is 0 Å². The molecule has 6 heteroatoms. The monoisotopic (exact) mass is 424 g/mol. The Labute approximate surface area is 179 Å². The van der Waals surface area contributed by atoms with Crippen LogP contribution in [0.2, 0.25) is 10.0 Å². The summed E-state index contributed by atoms with van der Waals surface area (Å²) in [6.45, 7) is 0. The van der Waals surface area contributed by atoms with E-state index in [1.807, 2.05) is 65.7 Å². The summed E-state index contributed by atoms with van der Waals surface area (Å²) in [5.74, 6) is 1.45. The van der Waals surface area contributed by atoms with Crippen molar-refractivity contribution >= 4 is 28.9 Å². The summed E-state index contributed by atoms with van der Waals surface area (Å²) in [4.78, 5) is 0. The van der Waals surface area contributed by atoms with Crippen molar-refractivity contribution in [3.63, 3.8) is 0 Å². The van der Waals surface area contributed by atoms with Crippen LogP contribution in [0.15, 0.2) is 71.8 Å². The zero-order valence-electron chi connectivity index (χ0n) is 15.7. The molecule has 2 atom stereocenters. The second kappa shape index (κ2) is 7.29. The van der Waals surface area contributed by atoms with Crippen molar-refractivity contribution in [3.05, 3.63) is 93.5 Å². The normalized spacial score (nSPS) is 19.8. The third kappa shape index (κ3) is 3.13. The molecule has 0 aromatic heterocycles. The van der Waals surface area contributed by atoms with E-state index in [9.17, 15) is 0 Å². The van der Waals surface area contributed by atoms with Gasteiger partial charge in [0.05, 0.1) is 18.9 Å². The van der Waals surface area contributed by atoms with Gasteiger partial charge in [0, 0.05) is 27.6 Å². The topological polar surface area (TPSA) is 34.1 Å². The van der Waals surface area contributed by atoms with E-state index in [0.29, 0.717) is 15.8 Å². The van der Waals surface area contributed by atoms with E-state index in [-0.39, 0.29) is 6.04 Å². The fraction of sp³-hybridized carbons (Fsp3) is 0.174. The Morgan fingerprint density at radius 1 is 0.966 bits per heavy atom. The number of hydrazone groups is 1. The van der Waals surface area contributed by atoms with Gasteiger partial charge in [-0.1, -0.05) is 65.7 Å². The number of hydrogen-bond donors (Lipinski definition) is 0. The lowest BCUT2D eigenvalue weighted by atomic mass is 9.95. The smallest absolute Gasteiger partial charge is 0.215 e. The molecule has 4 nitrogen and oxygen atoms in total. The average molecular weight is 425 g/mol. The van der Waals surface area contributed by atoms with Gasteiger partial charge < -0.3 is 9.47 Å². The molecule has 2 aliphatic rings. The highest BCUT2D eigenvalue weighted by atomic mass is 35.5. The molecule has 2 aliphatic heterocycles. The van der Waals surface area contributed by atoms with Crippen LogP contribution in [0, 0.1) is 0 Å². The van der Waals surface area contributed by atoms with Gasteiger partial charge in [-0.2, -0.15) is 5.10 Å². The van der Waals surface area contributed by atoms with Gasteiger partial charge in [-0.05, 0) is 29.8 Å². The average Bonchev–Trinajstić information content (AvgIpc) is 3.19. The largest absolute Gasteiger partial charge is 0.493 e. The lowest BCUT2D eigenvalue weighted by molar-refractivity contribution is -0.0208. The molecule has 0 N–H and O–H groups in total. The van der Waals surface area contributed by atoms with Crippen molar-refractivity contribution in [3.8, 4) is 11.5 Å². The molecule has 5 rings (SSSR count). The van der Waals surface area contributed by atoms with E-state index in [1.54, 1.807) is 7.11 Å². The van der Waals surface area contributed by atoms with E-state index in [0.717, 1.165) is 34.6 Å². The number of rotatable bonds is 3. The summed E-state index contributed by atoms with van der Waals surface area (Å²) in [6, 6.07) is 21.5. The predicted molar refractivity (Wildman–Crippen MR) is 115 cm³/mol. The Balaban J connectivity index is 1.63. The zero-order valence-corrected chi connectivity index (χ0v) is 17.2. The summed E-state index contributed by atoms with van der Waals surface area (Å²) >= 11 is 12.6. The quantitative estimate of drug-likeness (QED) is 0.498. The molecule has 0 saturated carbocycles. The minimum atomic E-state index is -0.442. The first-order valence-electron chi connectivity index (χ1n) is 9.35. The number of fused-ring (bicyclic) bond motifs is 3. The standard InChI is InChI=1S/C23H18Cl2N2O2/c1-28-21-8-4-6-17-20-13-19(14-9-11-15(24)12-10-14)26-27(20)23(29-22(17)21)16-5-2-3-7-18(16)25/h2-12,20,23H,13H2,1H3/t20-,23+/m1/s1. The summed E-state index contributed by atoms with van der Waals surface area (Å²) < 4.78 is 12.0. The number of hydrogen-bond acceptors (Lipinski definition) is 4. The number of methoxy groups -OCH3 is 1. The van der Waals surface area contributed by atoms with Crippen LogP contribution in [0.1, 0.15) is 35.4 Å². The minimum Gasteiger partial charge on any atom is -0.493 e. The van der Waals surface area contributed by atoms with Crippen LogP contribution in [0.5, 0.6) is 11.5 Å². The molecule has 0 saturated heterocycles. The van der Waals surface area contributed by atoms with E-state index >= 15 is 0 Å². The zero-order chi connectivity index (χ0) is 20.0. The van der Waals surface area contributed by atoms with E-state index in [2.05, 4.69) is 6.07 Å². The molecule has 0 unspecified atom stereocenters. The Hall–Kier alpha value is -2.69. The van der Waals surface area contributed by atoms with Gasteiger partial charge in [0.25, 0.3) is 0 Å². The highest BCUT2D eigenvalue weighted by molar-refractivity contribution is 6.31. The van der Waals surface area contributed by atoms with Crippen LogP contribution >= 0.6 is 23.2 Å². The number of para-hydroxylation sites is 1. The van der Waals surface area contributed by atoms with E-state index in [1.165, 1.54) is 0 Å². The van der Waals surface area contributed by atoms with Crippen molar-refractivity contribution < 1.29 is 9.47 Å². The molecule has 0 bridgehead atoms. The molecule has 0 amide bonds. The summed E-state index contributed by atoms with van der Waals surface area (Å²) in [5, 5.41) is 8.30. The molecular formula is C23H18Cl2N2O2. The molecule has 29 heavy (non-hydrogen) atoms. The second-order valence-electron chi connectivity index (χ2n) is 7.02. The highest BCUT2D eigenvalue weighted by Crippen LogP contribution is 2.51. The fourth-order valence-corrected chi connectivity index (χ4v) is 4.30. The molecular weight excluding hydrogens is 407 g/mol. The second-order valence-corrected chi connectivity index (χ2v) is 7.87. The Kier molecular flexibility index (Phi) is 4.61. The van der Waals surface area contributed by atoms with Gasteiger partial charge in [-0.25, -0.2) is 5.01 Å². The predicted octanol–water partition coefficient (Wildman–Crippen LogP) is 6.24. The van der Waals surface area contributed by atoms with Crippen molar-refractivity contribution in [2.24, 2.45) is 5.10 Å². The number of nitrogens with zero attached hydrogens (tertiary/aromatic N) is 2. The first-order chi connectivity index (χ1) is 14.2. The lowest BCUT2D eigenvalue weighted by Gasteiger charge is -2.38. The summed E-state index contributed by atoms with van der Waals surface area (Å²) in [6.07, 6.45) is 0.314. The summed E-state index contributed by atoms with van der Waals surface area (Å²) in [7, 11) is 1.65. The van der Waals surface area contributed by atoms with E-state index in [4.69, 9.17) is 37.8 Å². The maximum absolute atomic E-state index is 6.52. The molecule has 0 fully saturated rings. The van der Waals surface area contributed by atoms with Crippen molar-refractivity contribution in [2.45, 2.75) is 18.7 Å². The number of ether oxygens (including phenoxy) is 2. The highest BCUT2D eigenvalue weighted by Gasteiger charge is 2.42. The maximum Gasteiger partial charge on any atom is 0.215 e. The first kappa shape index (κ1) is 18.3. The lowest BCUT2D eigenvalue weighted by Crippen LogP contribution is -2.34. The third-order valence-corrected chi connectivity index (χ3v) is 5.95. The SMILES string of the molecule is COc1cccc2c1O[C@@H](c1ccccc1Cl)N1N=C(c3ccc(Cl)cc3)C[C@H]21. The molecule has 146 valence electrons. The van der Waals surface area contributed by atoms with Crippen LogP contribution in [-0.4, -0.2) is 17.8 Å². The minimum absolute atomic E-state index is 0.0285. The number of benzene rings is 3. The Morgan fingerprint density at radius 2 is 1.72 bits per heavy atom. The number of halogens is 2. The molecule has 3 aromatic rings. The van der Waals surface area contributed by atoms with Crippen LogP contribution in [0.3, 0.4) is 0 Å². The van der Waals surface area contributed by atoms with Crippen LogP contribution in [0.25, 0.3) is 0 Å². The van der Waals surface area contributed by atoms with Crippen LogP contribution in [-0.2, 0) is 0 Å². The Morgan fingerprint density at radius 3 is 2.48 bits per heavy atom. The van der Waals surface area contributed by atoms with Crippen molar-refractivity contribution in [1.82, 2.24) is 5.01 Å². The van der Waals surface area contributed by atoms with Gasteiger partial charge in [-0.15, -0.1) is 0 Å². The molecule has 3 aromatic carbocycles. The third-order valence-electron chi connectivity index (χ3n) is 5.35. The van der Waals surface area contributed by atoms with Crippen molar-refractivity contribution in [2.75, 3.05) is 7.11 Å². The van der Waals surface area contributed by atoms with E-state index < -0.39 is 6.23 Å². The van der Waals surface area contributed by atoms with Crippen LogP contribution < -0.4 is 9.47 Å². The van der Waals surface area contributed by atoms with Gasteiger partial charge >= 0.3 is 0 Å². The molecule has 0 aliphatic carbocycles. The fourth-order valence-electron chi connectivity index (χ4n) is 3.94.